The fraction of sp³-hybridized carbons (Fsp3) is 1.00. The molecule has 1 unspecified atom stereocenters. The van der Waals surface area contributed by atoms with Gasteiger partial charge in [0, 0.05) is 25.2 Å². The predicted molar refractivity (Wildman–Crippen MR) is 73.9 cm³/mol. The summed E-state index contributed by atoms with van der Waals surface area (Å²) in [5.41, 5.74) is 0. The molecule has 0 aromatic carbocycles. The van der Waals surface area contributed by atoms with Gasteiger partial charge in [0.1, 0.15) is 0 Å². The van der Waals surface area contributed by atoms with Crippen molar-refractivity contribution in [1.29, 1.82) is 0 Å². The van der Waals surface area contributed by atoms with Gasteiger partial charge in [0.2, 0.25) is 0 Å². The van der Waals surface area contributed by atoms with E-state index >= 15 is 0 Å². The quantitative estimate of drug-likeness (QED) is 0.610. The Labute approximate surface area is 103 Å². The Morgan fingerprint density at radius 1 is 1.06 bits per heavy atom. The molecule has 0 amide bonds. The number of rotatable bonds is 9. The fourth-order valence-electron chi connectivity index (χ4n) is 2.14. The van der Waals surface area contributed by atoms with Crippen LogP contribution in [0.25, 0.3) is 0 Å². The first-order chi connectivity index (χ1) is 7.52. The SMILES string of the molecule is CCCNCC(CC)N(CC(C)C)C(C)C. The van der Waals surface area contributed by atoms with Gasteiger partial charge in [0.05, 0.1) is 0 Å². The van der Waals surface area contributed by atoms with Gasteiger partial charge in [-0.25, -0.2) is 0 Å². The van der Waals surface area contributed by atoms with Gasteiger partial charge in [-0.3, -0.25) is 4.90 Å². The van der Waals surface area contributed by atoms with Gasteiger partial charge < -0.3 is 5.32 Å². The van der Waals surface area contributed by atoms with Crippen molar-refractivity contribution in [2.75, 3.05) is 19.6 Å². The van der Waals surface area contributed by atoms with E-state index in [-0.39, 0.29) is 0 Å². The van der Waals surface area contributed by atoms with Crippen LogP contribution in [0.3, 0.4) is 0 Å². The molecular formula is C14H32N2. The molecule has 98 valence electrons. The molecule has 0 aliphatic carbocycles. The van der Waals surface area contributed by atoms with Crippen LogP contribution in [-0.4, -0.2) is 36.6 Å². The van der Waals surface area contributed by atoms with Crippen LogP contribution in [0.2, 0.25) is 0 Å². The highest BCUT2D eigenvalue weighted by Crippen LogP contribution is 2.11. The summed E-state index contributed by atoms with van der Waals surface area (Å²) in [6.07, 6.45) is 2.46. The van der Waals surface area contributed by atoms with Gasteiger partial charge >= 0.3 is 0 Å². The Morgan fingerprint density at radius 2 is 1.69 bits per heavy atom. The molecule has 1 atom stereocenters. The summed E-state index contributed by atoms with van der Waals surface area (Å²) in [5.74, 6) is 0.752. The van der Waals surface area contributed by atoms with Crippen LogP contribution in [0.5, 0.6) is 0 Å². The lowest BCUT2D eigenvalue weighted by Crippen LogP contribution is -2.47. The maximum atomic E-state index is 3.55. The fourth-order valence-corrected chi connectivity index (χ4v) is 2.14. The minimum absolute atomic E-state index is 0.649. The second-order valence-electron chi connectivity index (χ2n) is 5.45. The lowest BCUT2D eigenvalue weighted by atomic mass is 10.1. The van der Waals surface area contributed by atoms with Gasteiger partial charge in [-0.05, 0) is 39.2 Å². The lowest BCUT2D eigenvalue weighted by Gasteiger charge is -2.36. The molecule has 16 heavy (non-hydrogen) atoms. The minimum atomic E-state index is 0.649. The Bertz CT molecular complexity index is 155. The van der Waals surface area contributed by atoms with Crippen LogP contribution in [0, 0.1) is 5.92 Å². The summed E-state index contributed by atoms with van der Waals surface area (Å²) in [4.78, 5) is 2.65. The average molecular weight is 228 g/mol. The van der Waals surface area contributed by atoms with Crippen molar-refractivity contribution in [2.45, 2.75) is 66.5 Å². The van der Waals surface area contributed by atoms with Crippen LogP contribution in [0.1, 0.15) is 54.4 Å². The molecule has 0 aliphatic heterocycles. The first-order valence-electron chi connectivity index (χ1n) is 6.99. The Kier molecular flexibility index (Phi) is 8.96. The van der Waals surface area contributed by atoms with E-state index in [2.05, 4.69) is 51.8 Å². The Hall–Kier alpha value is -0.0800. The largest absolute Gasteiger partial charge is 0.315 e. The van der Waals surface area contributed by atoms with Gasteiger partial charge in [0.25, 0.3) is 0 Å². The molecule has 2 heteroatoms. The number of hydrogen-bond acceptors (Lipinski definition) is 2. The molecule has 0 aromatic rings. The van der Waals surface area contributed by atoms with Crippen molar-refractivity contribution in [1.82, 2.24) is 10.2 Å². The smallest absolute Gasteiger partial charge is 0.0220 e. The number of hydrogen-bond donors (Lipinski definition) is 1. The standard InChI is InChI=1S/C14H32N2/c1-7-9-15-10-14(8-2)16(13(5)6)11-12(3)4/h12-15H,7-11H2,1-6H3. The zero-order valence-electron chi connectivity index (χ0n) is 12.2. The molecule has 0 bridgehead atoms. The van der Waals surface area contributed by atoms with Crippen LogP contribution in [0.4, 0.5) is 0 Å². The molecule has 1 N–H and O–H groups in total. The van der Waals surface area contributed by atoms with Crippen LogP contribution >= 0.6 is 0 Å². The maximum absolute atomic E-state index is 3.55. The highest BCUT2D eigenvalue weighted by atomic mass is 15.2. The van der Waals surface area contributed by atoms with Crippen LogP contribution < -0.4 is 5.32 Å². The Morgan fingerprint density at radius 3 is 2.06 bits per heavy atom. The van der Waals surface area contributed by atoms with Crippen molar-refractivity contribution >= 4 is 0 Å². The summed E-state index contributed by atoms with van der Waals surface area (Å²) < 4.78 is 0. The van der Waals surface area contributed by atoms with Crippen molar-refractivity contribution in [3.05, 3.63) is 0 Å². The third-order valence-electron chi connectivity index (χ3n) is 2.99. The predicted octanol–water partition coefficient (Wildman–Crippen LogP) is 3.13. The molecule has 0 saturated carbocycles. The number of nitrogens with one attached hydrogen (secondary N) is 1. The van der Waals surface area contributed by atoms with Gasteiger partial charge in [-0.2, -0.15) is 0 Å². The summed E-state index contributed by atoms with van der Waals surface area (Å²) in [5, 5.41) is 3.55. The third kappa shape index (κ3) is 6.49. The van der Waals surface area contributed by atoms with Crippen LogP contribution in [-0.2, 0) is 0 Å². The van der Waals surface area contributed by atoms with Crippen molar-refractivity contribution < 1.29 is 0 Å². The summed E-state index contributed by atoms with van der Waals surface area (Å²) >= 11 is 0. The lowest BCUT2D eigenvalue weighted by molar-refractivity contribution is 0.129. The third-order valence-corrected chi connectivity index (χ3v) is 2.99. The first kappa shape index (κ1) is 15.9. The summed E-state index contributed by atoms with van der Waals surface area (Å²) in [7, 11) is 0. The number of nitrogens with zero attached hydrogens (tertiary/aromatic N) is 1. The van der Waals surface area contributed by atoms with E-state index in [9.17, 15) is 0 Å². The zero-order chi connectivity index (χ0) is 12.6. The van der Waals surface area contributed by atoms with E-state index in [0.29, 0.717) is 12.1 Å². The average Bonchev–Trinajstić information content (AvgIpc) is 2.21. The van der Waals surface area contributed by atoms with E-state index in [0.717, 1.165) is 19.0 Å². The van der Waals surface area contributed by atoms with E-state index < -0.39 is 0 Å². The van der Waals surface area contributed by atoms with E-state index in [1.807, 2.05) is 0 Å². The molecule has 0 heterocycles. The van der Waals surface area contributed by atoms with Crippen molar-refractivity contribution in [3.63, 3.8) is 0 Å². The van der Waals surface area contributed by atoms with Gasteiger partial charge in [-0.15, -0.1) is 0 Å². The topological polar surface area (TPSA) is 15.3 Å². The highest BCUT2D eigenvalue weighted by molar-refractivity contribution is 4.76. The van der Waals surface area contributed by atoms with E-state index in [4.69, 9.17) is 0 Å². The molecule has 0 aliphatic rings. The van der Waals surface area contributed by atoms with Gasteiger partial charge in [0.15, 0.2) is 0 Å². The summed E-state index contributed by atoms with van der Waals surface area (Å²) in [6.45, 7) is 17.2. The monoisotopic (exact) mass is 228 g/mol. The summed E-state index contributed by atoms with van der Waals surface area (Å²) in [6, 6.07) is 1.34. The highest BCUT2D eigenvalue weighted by Gasteiger charge is 2.19. The Balaban J connectivity index is 4.22. The first-order valence-corrected chi connectivity index (χ1v) is 6.99. The minimum Gasteiger partial charge on any atom is -0.315 e. The molecular weight excluding hydrogens is 196 g/mol. The second kappa shape index (κ2) is 9.00. The molecule has 0 saturated heterocycles. The van der Waals surface area contributed by atoms with E-state index in [1.54, 1.807) is 0 Å². The van der Waals surface area contributed by atoms with Crippen LogP contribution in [0.15, 0.2) is 0 Å². The normalized spacial score (nSPS) is 14.1. The molecule has 0 radical (unpaired) electrons. The zero-order valence-corrected chi connectivity index (χ0v) is 12.2. The second-order valence-corrected chi connectivity index (χ2v) is 5.45. The van der Waals surface area contributed by atoms with E-state index in [1.165, 1.54) is 19.4 Å². The van der Waals surface area contributed by atoms with Crippen molar-refractivity contribution in [2.24, 2.45) is 5.92 Å². The molecule has 0 aromatic heterocycles. The molecule has 0 spiro atoms. The maximum Gasteiger partial charge on any atom is 0.0220 e. The molecule has 0 rings (SSSR count). The van der Waals surface area contributed by atoms with Crippen molar-refractivity contribution in [3.8, 4) is 0 Å². The molecule has 2 nitrogen and oxygen atoms in total. The molecule has 0 fully saturated rings. The van der Waals surface area contributed by atoms with Gasteiger partial charge in [-0.1, -0.05) is 27.7 Å².